The summed E-state index contributed by atoms with van der Waals surface area (Å²) in [5, 5.41) is 1.17. The van der Waals surface area contributed by atoms with Crippen LogP contribution in [0.25, 0.3) is 10.9 Å². The van der Waals surface area contributed by atoms with Crippen molar-refractivity contribution in [3.8, 4) is 5.75 Å². The minimum atomic E-state index is 0.103. The number of nitrogens with one attached hydrogen (secondary N) is 1. The highest BCUT2D eigenvalue weighted by Gasteiger charge is 2.11. The summed E-state index contributed by atoms with van der Waals surface area (Å²) in [4.78, 5) is 3.24. The van der Waals surface area contributed by atoms with Crippen molar-refractivity contribution in [1.29, 1.82) is 0 Å². The number of methoxy groups -OCH3 is 1. The molecule has 0 bridgehead atoms. The molecule has 0 radical (unpaired) electrons. The molecule has 1 heterocycles. The Morgan fingerprint density at radius 3 is 2.94 bits per heavy atom. The van der Waals surface area contributed by atoms with Crippen molar-refractivity contribution in [1.82, 2.24) is 4.98 Å². The Morgan fingerprint density at radius 1 is 1.44 bits per heavy atom. The molecule has 0 aliphatic heterocycles. The Labute approximate surface area is 95.6 Å². The Kier molecular flexibility index (Phi) is 3.15. The van der Waals surface area contributed by atoms with Gasteiger partial charge < -0.3 is 15.5 Å². The topological polar surface area (TPSA) is 51.0 Å². The summed E-state index contributed by atoms with van der Waals surface area (Å²) in [5.74, 6) is 0.872. The van der Waals surface area contributed by atoms with Crippen LogP contribution in [0.3, 0.4) is 0 Å². The maximum atomic E-state index is 6.15. The van der Waals surface area contributed by atoms with Crippen LogP contribution < -0.4 is 10.5 Å². The molecule has 3 heteroatoms. The van der Waals surface area contributed by atoms with Crippen molar-refractivity contribution in [3.05, 3.63) is 30.0 Å². The van der Waals surface area contributed by atoms with E-state index in [4.69, 9.17) is 10.5 Å². The van der Waals surface area contributed by atoms with Gasteiger partial charge in [0.2, 0.25) is 0 Å². The fraction of sp³-hybridized carbons (Fsp3) is 0.385. The Bertz CT molecular complexity index is 476. The summed E-state index contributed by atoms with van der Waals surface area (Å²) in [6.45, 7) is 2.15. The summed E-state index contributed by atoms with van der Waals surface area (Å²) in [7, 11) is 1.68. The molecule has 3 N–H and O–H groups in total. The molecule has 2 rings (SSSR count). The van der Waals surface area contributed by atoms with Crippen LogP contribution in [0.2, 0.25) is 0 Å². The first-order valence-corrected chi connectivity index (χ1v) is 5.67. The molecule has 0 aliphatic carbocycles. The minimum absolute atomic E-state index is 0.103. The summed E-state index contributed by atoms with van der Waals surface area (Å²) >= 11 is 0. The molecule has 0 spiro atoms. The number of nitrogens with two attached hydrogens (primary N) is 1. The summed E-state index contributed by atoms with van der Waals surface area (Å²) in [5.41, 5.74) is 8.44. The van der Waals surface area contributed by atoms with E-state index in [1.165, 1.54) is 10.9 Å². The van der Waals surface area contributed by atoms with E-state index in [0.29, 0.717) is 0 Å². The van der Waals surface area contributed by atoms with Crippen LogP contribution in [-0.2, 0) is 0 Å². The number of H-pyrrole nitrogens is 1. The second-order valence-electron chi connectivity index (χ2n) is 4.05. The number of hydrogen-bond acceptors (Lipinski definition) is 2. The highest BCUT2D eigenvalue weighted by atomic mass is 16.5. The van der Waals surface area contributed by atoms with Crippen LogP contribution in [0.5, 0.6) is 5.75 Å². The van der Waals surface area contributed by atoms with Crippen LogP contribution in [-0.4, -0.2) is 12.1 Å². The van der Waals surface area contributed by atoms with Crippen molar-refractivity contribution in [3.63, 3.8) is 0 Å². The number of benzene rings is 1. The zero-order valence-corrected chi connectivity index (χ0v) is 9.79. The molecule has 1 aromatic heterocycles. The van der Waals surface area contributed by atoms with Crippen molar-refractivity contribution < 1.29 is 4.74 Å². The molecule has 0 aliphatic rings. The van der Waals surface area contributed by atoms with Crippen LogP contribution in [0.15, 0.2) is 24.4 Å². The van der Waals surface area contributed by atoms with Crippen LogP contribution in [0, 0.1) is 0 Å². The fourth-order valence-electron chi connectivity index (χ4n) is 2.02. The molecule has 0 saturated heterocycles. The van der Waals surface area contributed by atoms with E-state index in [1.807, 2.05) is 24.4 Å². The first-order valence-electron chi connectivity index (χ1n) is 5.67. The summed E-state index contributed by atoms with van der Waals surface area (Å²) in [6.07, 6.45) is 4.10. The van der Waals surface area contributed by atoms with E-state index in [1.54, 1.807) is 7.11 Å². The van der Waals surface area contributed by atoms with Gasteiger partial charge in [-0.1, -0.05) is 13.3 Å². The highest BCUT2D eigenvalue weighted by molar-refractivity contribution is 5.85. The lowest BCUT2D eigenvalue weighted by molar-refractivity contribution is 0.415. The lowest BCUT2D eigenvalue weighted by Crippen LogP contribution is -2.08. The molecular weight excluding hydrogens is 200 g/mol. The second-order valence-corrected chi connectivity index (χ2v) is 4.05. The van der Waals surface area contributed by atoms with Crippen molar-refractivity contribution in [2.75, 3.05) is 7.11 Å². The third-order valence-corrected chi connectivity index (χ3v) is 2.92. The van der Waals surface area contributed by atoms with Gasteiger partial charge in [-0.3, -0.25) is 0 Å². The third kappa shape index (κ3) is 1.91. The molecule has 1 aromatic carbocycles. The number of fused-ring (bicyclic) bond motifs is 1. The zero-order chi connectivity index (χ0) is 11.5. The third-order valence-electron chi connectivity index (χ3n) is 2.92. The first kappa shape index (κ1) is 11.0. The smallest absolute Gasteiger partial charge is 0.119 e. The first-order chi connectivity index (χ1) is 7.76. The van der Waals surface area contributed by atoms with Gasteiger partial charge in [-0.15, -0.1) is 0 Å². The molecule has 16 heavy (non-hydrogen) atoms. The van der Waals surface area contributed by atoms with E-state index in [0.717, 1.165) is 24.1 Å². The standard InChI is InChI=1S/C13H18N2O/c1-3-4-12(14)11-8-15-13-6-5-9(16-2)7-10(11)13/h5-8,12,15H,3-4,14H2,1-2H3/t12-/m1/s1. The number of aromatic amines is 1. The molecule has 86 valence electrons. The molecule has 0 amide bonds. The van der Waals surface area contributed by atoms with Crippen LogP contribution in [0.1, 0.15) is 31.4 Å². The maximum Gasteiger partial charge on any atom is 0.119 e. The zero-order valence-electron chi connectivity index (χ0n) is 9.79. The van der Waals surface area contributed by atoms with Gasteiger partial charge in [0, 0.05) is 23.1 Å². The van der Waals surface area contributed by atoms with Crippen molar-refractivity contribution in [2.24, 2.45) is 5.73 Å². The molecule has 1 atom stereocenters. The maximum absolute atomic E-state index is 6.15. The summed E-state index contributed by atoms with van der Waals surface area (Å²) in [6, 6.07) is 6.12. The summed E-state index contributed by atoms with van der Waals surface area (Å²) < 4.78 is 5.23. The predicted octanol–water partition coefficient (Wildman–Crippen LogP) is 2.98. The van der Waals surface area contributed by atoms with Gasteiger partial charge in [0.15, 0.2) is 0 Å². The number of rotatable bonds is 4. The van der Waals surface area contributed by atoms with Crippen LogP contribution in [0.4, 0.5) is 0 Å². The highest BCUT2D eigenvalue weighted by Crippen LogP contribution is 2.28. The van der Waals surface area contributed by atoms with Crippen LogP contribution >= 0.6 is 0 Å². The van der Waals surface area contributed by atoms with Gasteiger partial charge >= 0.3 is 0 Å². The lowest BCUT2D eigenvalue weighted by atomic mass is 10.0. The molecular formula is C13H18N2O. The molecule has 0 fully saturated rings. The number of ether oxygens (including phenoxy) is 1. The van der Waals surface area contributed by atoms with Gasteiger partial charge in [-0.2, -0.15) is 0 Å². The lowest BCUT2D eigenvalue weighted by Gasteiger charge is -2.09. The van der Waals surface area contributed by atoms with E-state index < -0.39 is 0 Å². The largest absolute Gasteiger partial charge is 0.497 e. The van der Waals surface area contributed by atoms with E-state index in [9.17, 15) is 0 Å². The van der Waals surface area contributed by atoms with E-state index in [2.05, 4.69) is 11.9 Å². The Hall–Kier alpha value is -1.48. The monoisotopic (exact) mass is 218 g/mol. The average molecular weight is 218 g/mol. The predicted molar refractivity (Wildman–Crippen MR) is 66.7 cm³/mol. The van der Waals surface area contributed by atoms with Gasteiger partial charge in [0.1, 0.15) is 5.75 Å². The van der Waals surface area contributed by atoms with Gasteiger partial charge in [0.05, 0.1) is 7.11 Å². The number of aromatic nitrogens is 1. The fourth-order valence-corrected chi connectivity index (χ4v) is 2.02. The van der Waals surface area contributed by atoms with Gasteiger partial charge in [-0.25, -0.2) is 0 Å². The normalized spacial score (nSPS) is 12.9. The molecule has 0 saturated carbocycles. The van der Waals surface area contributed by atoms with Gasteiger partial charge in [-0.05, 0) is 30.2 Å². The van der Waals surface area contributed by atoms with Crippen molar-refractivity contribution >= 4 is 10.9 Å². The molecule has 2 aromatic rings. The minimum Gasteiger partial charge on any atom is -0.497 e. The SMILES string of the molecule is CCC[C@@H](N)c1c[nH]c2ccc(OC)cc12. The Balaban J connectivity index is 2.45. The average Bonchev–Trinajstić information content (AvgIpc) is 2.71. The molecule has 3 nitrogen and oxygen atoms in total. The second kappa shape index (κ2) is 4.58. The van der Waals surface area contributed by atoms with Gasteiger partial charge in [0.25, 0.3) is 0 Å². The van der Waals surface area contributed by atoms with E-state index in [-0.39, 0.29) is 6.04 Å². The quantitative estimate of drug-likeness (QED) is 0.828. The Morgan fingerprint density at radius 2 is 2.25 bits per heavy atom. The molecule has 0 unspecified atom stereocenters. The van der Waals surface area contributed by atoms with Crippen molar-refractivity contribution in [2.45, 2.75) is 25.8 Å². The number of hydrogen-bond donors (Lipinski definition) is 2. The van der Waals surface area contributed by atoms with E-state index >= 15 is 0 Å².